The lowest BCUT2D eigenvalue weighted by molar-refractivity contribution is -0.139. The SMILES string of the molecule is C/C=C\[C@H](C)[C@H]1O[C@]1(C)[C@@H](O[Si](C)(C)C(C)(C)C)[C@@H](CO[Si](C)(C)C(C)(C)C)C(=O)[C@@H](CO[Si](C)(C)C(C)(C)C)[C@H](CC(=O)CC)O[Si](C)(C)C(C)(C)C. The van der Waals surface area contributed by atoms with Crippen LogP contribution in [0.25, 0.3) is 0 Å². The average Bonchev–Trinajstić information content (AvgIpc) is 3.66. The Morgan fingerprint density at radius 2 is 1.07 bits per heavy atom. The molecule has 0 aromatic rings. The molecule has 0 radical (unpaired) electrons. The molecule has 1 rings (SSSR count). The Morgan fingerprint density at radius 3 is 1.44 bits per heavy atom. The second kappa shape index (κ2) is 17.9. The molecule has 1 fully saturated rings. The van der Waals surface area contributed by atoms with E-state index in [0.717, 1.165) is 0 Å². The van der Waals surface area contributed by atoms with Gasteiger partial charge in [-0.05, 0) is 86.4 Å². The van der Waals surface area contributed by atoms with Gasteiger partial charge in [0.1, 0.15) is 17.2 Å². The lowest BCUT2D eigenvalue weighted by Crippen LogP contribution is -2.57. The number of hydrogen-bond acceptors (Lipinski definition) is 7. The molecule has 1 heterocycles. The van der Waals surface area contributed by atoms with Gasteiger partial charge < -0.3 is 22.4 Å². The Kier molecular flexibility index (Phi) is 17.2. The first-order valence-corrected chi connectivity index (χ1v) is 32.5. The van der Waals surface area contributed by atoms with Crippen molar-refractivity contribution in [3.8, 4) is 0 Å². The van der Waals surface area contributed by atoms with Gasteiger partial charge in [0.25, 0.3) is 0 Å². The number of rotatable bonds is 20. The molecule has 0 aromatic heterocycles. The summed E-state index contributed by atoms with van der Waals surface area (Å²) < 4.78 is 35.5. The van der Waals surface area contributed by atoms with Crippen LogP contribution in [0.2, 0.25) is 72.5 Å². The van der Waals surface area contributed by atoms with Crippen molar-refractivity contribution < 1.29 is 32.0 Å². The number of carbonyl (C=O) groups is 2. The van der Waals surface area contributed by atoms with E-state index in [9.17, 15) is 4.79 Å². The smallest absolute Gasteiger partial charge is 0.192 e. The number of epoxide rings is 1. The summed E-state index contributed by atoms with van der Waals surface area (Å²) in [6.45, 7) is 53.2. The van der Waals surface area contributed by atoms with Crippen LogP contribution >= 0.6 is 0 Å². The van der Waals surface area contributed by atoms with Crippen LogP contribution in [0.1, 0.15) is 124 Å². The third-order valence-electron chi connectivity index (χ3n) is 14.1. The molecule has 1 aliphatic heterocycles. The Bertz CT molecular complexity index is 1280. The van der Waals surface area contributed by atoms with E-state index in [-0.39, 0.29) is 63.4 Å². The lowest BCUT2D eigenvalue weighted by Gasteiger charge is -2.46. The zero-order valence-electron chi connectivity index (χ0n) is 39.8. The molecule has 7 atom stereocenters. The Labute approximate surface area is 338 Å². The van der Waals surface area contributed by atoms with Crippen LogP contribution in [0, 0.1) is 17.8 Å². The van der Waals surface area contributed by atoms with Gasteiger partial charge in [-0.15, -0.1) is 0 Å². The van der Waals surface area contributed by atoms with E-state index in [1.54, 1.807) is 0 Å². The van der Waals surface area contributed by atoms with E-state index in [0.29, 0.717) is 6.42 Å². The second-order valence-electron chi connectivity index (χ2n) is 22.7. The fourth-order valence-corrected chi connectivity index (χ4v) is 10.6. The molecule has 0 saturated carbocycles. The van der Waals surface area contributed by atoms with Crippen LogP contribution in [0.4, 0.5) is 0 Å². The van der Waals surface area contributed by atoms with Gasteiger partial charge in [0.05, 0.1) is 30.1 Å². The molecule has 0 aromatic carbocycles. The van der Waals surface area contributed by atoms with Crippen LogP contribution in [-0.2, 0) is 32.0 Å². The molecule has 0 unspecified atom stereocenters. The standard InChI is InChI=1S/C43H88O7Si4/c1-25-27-31(3)37-43(16,48-37)38(50-54(23,24)42(13,14)15)34(30-47-52(19,20)40(7,8)9)36(45)33(29-46-51(17,18)39(4,5)6)35(28-32(44)26-2)49-53(21,22)41(10,11)12/h25,27,31,33-35,37-38H,26,28-30H2,1-24H3/b27-25-/t31-,33-,34-,35-,37+,38-,43-/m0/s1. The molecule has 1 saturated heterocycles. The highest BCUT2D eigenvalue weighted by Crippen LogP contribution is 2.52. The zero-order valence-corrected chi connectivity index (χ0v) is 43.8. The predicted octanol–water partition coefficient (Wildman–Crippen LogP) is 12.4. The van der Waals surface area contributed by atoms with Crippen molar-refractivity contribution in [3.63, 3.8) is 0 Å². The van der Waals surface area contributed by atoms with E-state index in [1.165, 1.54) is 0 Å². The number of ether oxygens (including phenoxy) is 1. The van der Waals surface area contributed by atoms with Gasteiger partial charge in [-0.25, -0.2) is 0 Å². The van der Waals surface area contributed by atoms with E-state index in [1.807, 2.05) is 13.8 Å². The molecule has 11 heteroatoms. The van der Waals surface area contributed by atoms with Crippen molar-refractivity contribution in [2.45, 2.75) is 220 Å². The highest BCUT2D eigenvalue weighted by atomic mass is 28.4. The Hall–Kier alpha value is -0.252. The predicted molar refractivity (Wildman–Crippen MR) is 240 cm³/mol. The number of allylic oxidation sites excluding steroid dienone is 1. The van der Waals surface area contributed by atoms with Gasteiger partial charge in [0, 0.05) is 32.0 Å². The fraction of sp³-hybridized carbons (Fsp3) is 0.907. The topological polar surface area (TPSA) is 83.6 Å². The summed E-state index contributed by atoms with van der Waals surface area (Å²) in [6, 6.07) is 0. The molecular weight excluding hydrogens is 741 g/mol. The van der Waals surface area contributed by atoms with Gasteiger partial charge in [-0.3, -0.25) is 9.59 Å². The number of hydrogen-bond donors (Lipinski definition) is 0. The minimum absolute atomic E-state index is 0.00194. The molecule has 7 nitrogen and oxygen atoms in total. The van der Waals surface area contributed by atoms with E-state index >= 15 is 4.79 Å². The molecule has 54 heavy (non-hydrogen) atoms. The van der Waals surface area contributed by atoms with Gasteiger partial charge in [-0.1, -0.05) is 109 Å². The van der Waals surface area contributed by atoms with Crippen LogP contribution in [0.5, 0.6) is 0 Å². The summed E-state index contributed by atoms with van der Waals surface area (Å²) in [5.41, 5.74) is -0.717. The Balaban J connectivity index is 4.25. The fourth-order valence-electron chi connectivity index (χ4n) is 5.78. The quantitative estimate of drug-likeness (QED) is 0.0686. The van der Waals surface area contributed by atoms with Crippen LogP contribution in [0.15, 0.2) is 12.2 Å². The summed E-state index contributed by atoms with van der Waals surface area (Å²) in [6.07, 6.45) is 3.48. The third kappa shape index (κ3) is 12.9. The molecule has 0 aliphatic carbocycles. The molecular formula is C43H88O7Si4. The summed E-state index contributed by atoms with van der Waals surface area (Å²) in [4.78, 5) is 29.5. The average molecular weight is 830 g/mol. The minimum Gasteiger partial charge on any atom is -0.416 e. The molecule has 0 amide bonds. The maximum Gasteiger partial charge on any atom is 0.192 e. The third-order valence-corrected chi connectivity index (χ3v) is 32.1. The van der Waals surface area contributed by atoms with Crippen molar-refractivity contribution in [1.29, 1.82) is 0 Å². The summed E-state index contributed by atoms with van der Waals surface area (Å²) in [7, 11) is -9.57. The maximum absolute atomic E-state index is 16.0. The van der Waals surface area contributed by atoms with Crippen molar-refractivity contribution in [2.24, 2.45) is 17.8 Å². The Morgan fingerprint density at radius 1 is 0.685 bits per heavy atom. The first-order valence-electron chi connectivity index (χ1n) is 20.8. The molecule has 0 N–H and O–H groups in total. The van der Waals surface area contributed by atoms with Crippen LogP contribution in [-0.4, -0.2) is 82.0 Å². The largest absolute Gasteiger partial charge is 0.416 e. The molecule has 0 bridgehead atoms. The summed E-state index contributed by atoms with van der Waals surface area (Å²) >= 11 is 0. The maximum atomic E-state index is 16.0. The van der Waals surface area contributed by atoms with E-state index in [4.69, 9.17) is 22.4 Å². The van der Waals surface area contributed by atoms with Gasteiger partial charge >= 0.3 is 0 Å². The van der Waals surface area contributed by atoms with Crippen molar-refractivity contribution in [3.05, 3.63) is 12.2 Å². The monoisotopic (exact) mass is 829 g/mol. The molecule has 1 aliphatic rings. The highest BCUT2D eigenvalue weighted by Gasteiger charge is 2.65. The van der Waals surface area contributed by atoms with Crippen LogP contribution < -0.4 is 0 Å². The zero-order chi connectivity index (χ0) is 42.9. The first-order chi connectivity index (χ1) is 23.8. The first kappa shape index (κ1) is 51.8. The number of ketones is 2. The minimum atomic E-state index is -2.47. The molecule has 0 spiro atoms. The van der Waals surface area contributed by atoms with Gasteiger partial charge in [0.2, 0.25) is 0 Å². The normalized spacial score (nSPS) is 22.6. The van der Waals surface area contributed by atoms with Crippen molar-refractivity contribution in [2.75, 3.05) is 13.2 Å². The number of Topliss-reactive ketones (excluding diaryl/α,β-unsaturated/α-hetero) is 2. The van der Waals surface area contributed by atoms with Crippen molar-refractivity contribution in [1.82, 2.24) is 0 Å². The summed E-state index contributed by atoms with van der Waals surface area (Å²) in [5.74, 6) is -1.15. The van der Waals surface area contributed by atoms with Gasteiger partial charge in [-0.2, -0.15) is 0 Å². The van der Waals surface area contributed by atoms with Gasteiger partial charge in [0.15, 0.2) is 33.3 Å². The van der Waals surface area contributed by atoms with Crippen molar-refractivity contribution >= 4 is 44.8 Å². The lowest BCUT2D eigenvalue weighted by atomic mass is 9.79. The highest BCUT2D eigenvalue weighted by molar-refractivity contribution is 6.75. The number of carbonyl (C=O) groups excluding carboxylic acids is 2. The van der Waals surface area contributed by atoms with E-state index in [2.05, 4.69) is 161 Å². The molecule has 318 valence electrons. The second-order valence-corrected chi connectivity index (χ2v) is 41.8. The van der Waals surface area contributed by atoms with E-state index < -0.39 is 62.9 Å². The van der Waals surface area contributed by atoms with Crippen LogP contribution in [0.3, 0.4) is 0 Å². The summed E-state index contributed by atoms with van der Waals surface area (Å²) in [5, 5.41) is -0.370.